The summed E-state index contributed by atoms with van der Waals surface area (Å²) in [6, 6.07) is 65.3. The lowest BCUT2D eigenvalue weighted by Crippen LogP contribution is -2.00. The van der Waals surface area contributed by atoms with Crippen molar-refractivity contribution in [2.45, 2.75) is 0 Å². The first-order valence-electron chi connectivity index (χ1n) is 17.8. The summed E-state index contributed by atoms with van der Waals surface area (Å²) >= 11 is 0. The van der Waals surface area contributed by atoms with Crippen LogP contribution in [0.25, 0.3) is 100 Å². The molecule has 0 fully saturated rings. The molecule has 0 aliphatic heterocycles. The van der Waals surface area contributed by atoms with E-state index in [4.69, 9.17) is 19.4 Å². The van der Waals surface area contributed by atoms with Gasteiger partial charge >= 0.3 is 0 Å². The van der Waals surface area contributed by atoms with Crippen LogP contribution in [0.2, 0.25) is 0 Å². The molecule has 248 valence electrons. The number of benzene rings is 8. The van der Waals surface area contributed by atoms with Gasteiger partial charge in [-0.15, -0.1) is 0 Å². The third-order valence-electron chi connectivity index (χ3n) is 9.88. The summed E-state index contributed by atoms with van der Waals surface area (Å²) in [7, 11) is 0. The normalized spacial score (nSPS) is 11.4. The summed E-state index contributed by atoms with van der Waals surface area (Å²) in [4.78, 5) is 15.5. The fraction of sp³-hybridized carbons (Fsp3) is 0. The van der Waals surface area contributed by atoms with Crippen molar-refractivity contribution in [1.29, 1.82) is 0 Å². The highest BCUT2D eigenvalue weighted by Crippen LogP contribution is 2.41. The predicted molar refractivity (Wildman–Crippen MR) is 217 cm³/mol. The van der Waals surface area contributed by atoms with Gasteiger partial charge in [-0.3, -0.25) is 0 Å². The van der Waals surface area contributed by atoms with E-state index in [-0.39, 0.29) is 0 Å². The summed E-state index contributed by atoms with van der Waals surface area (Å²) in [6.45, 7) is 0. The fourth-order valence-corrected chi connectivity index (χ4v) is 7.26. The summed E-state index contributed by atoms with van der Waals surface area (Å²) in [5.74, 6) is 1.81. The third kappa shape index (κ3) is 5.73. The third-order valence-corrected chi connectivity index (χ3v) is 9.88. The number of furan rings is 1. The van der Waals surface area contributed by atoms with Gasteiger partial charge in [0, 0.05) is 27.5 Å². The first kappa shape index (κ1) is 30.6. The van der Waals surface area contributed by atoms with Crippen molar-refractivity contribution in [3.63, 3.8) is 0 Å². The monoisotopic (exact) mass is 677 g/mol. The molecule has 0 spiro atoms. The molecule has 8 aromatic carbocycles. The Bertz CT molecular complexity index is 2880. The number of nitrogens with zero attached hydrogens (tertiary/aromatic N) is 3. The van der Waals surface area contributed by atoms with Gasteiger partial charge in [-0.25, -0.2) is 15.0 Å². The van der Waals surface area contributed by atoms with Crippen LogP contribution >= 0.6 is 0 Å². The molecule has 0 radical (unpaired) electrons. The van der Waals surface area contributed by atoms with E-state index in [2.05, 4.69) is 140 Å². The second-order valence-electron chi connectivity index (χ2n) is 13.3. The molecule has 0 amide bonds. The molecule has 0 saturated heterocycles. The molecule has 0 atom stereocenters. The first-order chi connectivity index (χ1) is 26.2. The van der Waals surface area contributed by atoms with Crippen molar-refractivity contribution in [1.82, 2.24) is 15.0 Å². The Morgan fingerprint density at radius 1 is 0.302 bits per heavy atom. The molecule has 53 heavy (non-hydrogen) atoms. The van der Waals surface area contributed by atoms with Crippen LogP contribution in [0.3, 0.4) is 0 Å². The molecule has 0 aliphatic rings. The summed E-state index contributed by atoms with van der Waals surface area (Å²) in [6.07, 6.45) is 0. The lowest BCUT2D eigenvalue weighted by atomic mass is 9.92. The second-order valence-corrected chi connectivity index (χ2v) is 13.3. The predicted octanol–water partition coefficient (Wildman–Crippen LogP) is 12.9. The van der Waals surface area contributed by atoms with E-state index in [0.717, 1.165) is 77.4 Å². The van der Waals surface area contributed by atoms with Gasteiger partial charge in [0.2, 0.25) is 0 Å². The van der Waals surface area contributed by atoms with E-state index in [9.17, 15) is 0 Å². The maximum absolute atomic E-state index is 6.61. The average Bonchev–Trinajstić information content (AvgIpc) is 3.62. The molecule has 2 heterocycles. The van der Waals surface area contributed by atoms with Crippen LogP contribution in [0.4, 0.5) is 0 Å². The number of rotatable bonds is 6. The summed E-state index contributed by atoms with van der Waals surface area (Å²) in [5.41, 5.74) is 11.0. The molecule has 0 saturated carbocycles. The maximum Gasteiger partial charge on any atom is 0.164 e. The van der Waals surface area contributed by atoms with E-state index in [1.807, 2.05) is 48.5 Å². The standard InChI is InChI=1S/C49H31N3O/c1-4-14-32(15-5-1)38-27-39(33-16-6-2-7-17-33)29-40(28-38)41-30-43(46-42-22-12-13-23-44(42)53-45(46)31-41)49-51-47(35-19-8-3-9-20-35)50-48(52-49)37-25-24-34-18-10-11-21-36(34)26-37/h1-31H. The van der Waals surface area contributed by atoms with Crippen LogP contribution in [0.5, 0.6) is 0 Å². The van der Waals surface area contributed by atoms with Gasteiger partial charge in [0.1, 0.15) is 11.2 Å². The number of aromatic nitrogens is 3. The van der Waals surface area contributed by atoms with Crippen molar-refractivity contribution < 1.29 is 4.42 Å². The zero-order valence-corrected chi connectivity index (χ0v) is 28.6. The van der Waals surface area contributed by atoms with E-state index >= 15 is 0 Å². The minimum atomic E-state index is 0.586. The quantitative estimate of drug-likeness (QED) is 0.176. The minimum absolute atomic E-state index is 0.586. The fourth-order valence-electron chi connectivity index (χ4n) is 7.26. The van der Waals surface area contributed by atoms with Gasteiger partial charge in [0.15, 0.2) is 17.5 Å². The number of fused-ring (bicyclic) bond motifs is 4. The summed E-state index contributed by atoms with van der Waals surface area (Å²) in [5, 5.41) is 4.29. The Kier molecular flexibility index (Phi) is 7.43. The van der Waals surface area contributed by atoms with Gasteiger partial charge in [0.25, 0.3) is 0 Å². The number of para-hydroxylation sites is 1. The topological polar surface area (TPSA) is 51.8 Å². The minimum Gasteiger partial charge on any atom is -0.456 e. The van der Waals surface area contributed by atoms with Crippen LogP contribution in [0, 0.1) is 0 Å². The Hall–Kier alpha value is -7.17. The molecule has 0 unspecified atom stereocenters. The van der Waals surface area contributed by atoms with Crippen LogP contribution in [0.15, 0.2) is 192 Å². The SMILES string of the molecule is c1ccc(-c2cc(-c3ccccc3)cc(-c3cc(-c4nc(-c5ccccc5)nc(-c5ccc6ccccc6c5)n4)c4c(c3)oc3ccccc34)c2)cc1. The molecule has 0 bridgehead atoms. The van der Waals surface area contributed by atoms with Crippen molar-refractivity contribution in [3.8, 4) is 67.5 Å². The van der Waals surface area contributed by atoms with E-state index in [1.165, 1.54) is 5.39 Å². The molecule has 0 N–H and O–H groups in total. The Balaban J connectivity index is 1.25. The van der Waals surface area contributed by atoms with Gasteiger partial charge in [-0.05, 0) is 86.6 Å². The molecule has 10 rings (SSSR count). The Morgan fingerprint density at radius 2 is 0.811 bits per heavy atom. The highest BCUT2D eigenvalue weighted by Gasteiger charge is 2.20. The van der Waals surface area contributed by atoms with Crippen molar-refractivity contribution >= 4 is 32.7 Å². The Labute approximate surface area is 306 Å². The molecule has 0 aliphatic carbocycles. The molecule has 10 aromatic rings. The number of hydrogen-bond acceptors (Lipinski definition) is 4. The molecular weight excluding hydrogens is 647 g/mol. The molecule has 4 nitrogen and oxygen atoms in total. The van der Waals surface area contributed by atoms with Gasteiger partial charge < -0.3 is 4.42 Å². The van der Waals surface area contributed by atoms with Gasteiger partial charge in [-0.2, -0.15) is 0 Å². The van der Waals surface area contributed by atoms with Crippen LogP contribution in [-0.2, 0) is 0 Å². The van der Waals surface area contributed by atoms with Crippen LogP contribution < -0.4 is 0 Å². The lowest BCUT2D eigenvalue weighted by Gasteiger charge is -2.14. The van der Waals surface area contributed by atoms with Crippen molar-refractivity contribution in [2.75, 3.05) is 0 Å². The molecular formula is C49H31N3O. The largest absolute Gasteiger partial charge is 0.456 e. The van der Waals surface area contributed by atoms with E-state index in [1.54, 1.807) is 0 Å². The number of hydrogen-bond donors (Lipinski definition) is 0. The molecule has 2 aromatic heterocycles. The van der Waals surface area contributed by atoms with Gasteiger partial charge in [-0.1, -0.05) is 146 Å². The first-order valence-corrected chi connectivity index (χ1v) is 17.8. The molecule has 4 heteroatoms. The summed E-state index contributed by atoms with van der Waals surface area (Å²) < 4.78 is 6.61. The van der Waals surface area contributed by atoms with E-state index < -0.39 is 0 Å². The lowest BCUT2D eigenvalue weighted by molar-refractivity contribution is 0.669. The highest BCUT2D eigenvalue weighted by atomic mass is 16.3. The van der Waals surface area contributed by atoms with Crippen molar-refractivity contribution in [3.05, 3.63) is 188 Å². The van der Waals surface area contributed by atoms with E-state index in [0.29, 0.717) is 17.5 Å². The smallest absolute Gasteiger partial charge is 0.164 e. The average molecular weight is 678 g/mol. The van der Waals surface area contributed by atoms with Crippen LogP contribution in [-0.4, -0.2) is 15.0 Å². The van der Waals surface area contributed by atoms with Crippen LogP contribution in [0.1, 0.15) is 0 Å². The Morgan fingerprint density at radius 3 is 1.49 bits per heavy atom. The second kappa shape index (κ2) is 12.9. The van der Waals surface area contributed by atoms with Gasteiger partial charge in [0.05, 0.1) is 0 Å². The maximum atomic E-state index is 6.61. The zero-order chi connectivity index (χ0) is 35.1. The van der Waals surface area contributed by atoms with Crippen molar-refractivity contribution in [2.24, 2.45) is 0 Å². The highest BCUT2D eigenvalue weighted by molar-refractivity contribution is 6.13. The zero-order valence-electron chi connectivity index (χ0n) is 28.6.